The Morgan fingerprint density at radius 3 is 1.71 bits per heavy atom. The van der Waals surface area contributed by atoms with Gasteiger partial charge in [0, 0.05) is 10.8 Å². The molecule has 226 valence electrons. The van der Waals surface area contributed by atoms with E-state index in [1.165, 1.54) is 54.6 Å². The summed E-state index contributed by atoms with van der Waals surface area (Å²) in [7, 11) is 0. The first-order valence-electron chi connectivity index (χ1n) is 16.5. The van der Waals surface area contributed by atoms with Crippen molar-refractivity contribution in [2.75, 3.05) is 0 Å². The smallest absolute Gasteiger partial charge is 0.136 e. The first-order valence-corrected chi connectivity index (χ1v) is 16.5. The van der Waals surface area contributed by atoms with Gasteiger partial charge in [0.2, 0.25) is 0 Å². The van der Waals surface area contributed by atoms with E-state index in [2.05, 4.69) is 158 Å². The predicted molar refractivity (Wildman–Crippen MR) is 207 cm³/mol. The Bertz CT molecular complexity index is 2700. The van der Waals surface area contributed by atoms with Crippen molar-refractivity contribution >= 4 is 66.4 Å². The first kappa shape index (κ1) is 28.1. The van der Waals surface area contributed by atoms with Gasteiger partial charge in [-0.1, -0.05) is 134 Å². The van der Waals surface area contributed by atoms with Crippen molar-refractivity contribution in [1.82, 2.24) is 0 Å². The average Bonchev–Trinajstić information content (AvgIpc) is 3.50. The third-order valence-electron chi connectivity index (χ3n) is 9.70. The summed E-state index contributed by atoms with van der Waals surface area (Å²) in [5.41, 5.74) is 11.2. The number of allylic oxidation sites excluding steroid dienone is 1. The summed E-state index contributed by atoms with van der Waals surface area (Å²) >= 11 is 0. The highest BCUT2D eigenvalue weighted by Gasteiger charge is 2.18. The van der Waals surface area contributed by atoms with Crippen LogP contribution in [0.15, 0.2) is 163 Å². The molecule has 0 amide bonds. The molecule has 0 aliphatic carbocycles. The molecular weight excluding hydrogens is 581 g/mol. The minimum Gasteiger partial charge on any atom is -0.456 e. The molecule has 0 aliphatic heterocycles. The fraction of sp³-hybridized carbons (Fsp3) is 0.0213. The van der Waals surface area contributed by atoms with Crippen LogP contribution in [0, 0.1) is 0 Å². The zero-order chi connectivity index (χ0) is 32.2. The van der Waals surface area contributed by atoms with Crippen LogP contribution in [0.25, 0.3) is 99.8 Å². The number of benzene rings is 8. The summed E-state index contributed by atoms with van der Waals surface area (Å²) in [6.45, 7) is 6.07. The fourth-order valence-electron chi connectivity index (χ4n) is 7.48. The lowest BCUT2D eigenvalue weighted by Gasteiger charge is -2.18. The van der Waals surface area contributed by atoms with Gasteiger partial charge in [0.25, 0.3) is 0 Å². The van der Waals surface area contributed by atoms with Crippen LogP contribution in [0.2, 0.25) is 0 Å². The molecule has 8 aromatic carbocycles. The lowest BCUT2D eigenvalue weighted by atomic mass is 9.85. The van der Waals surface area contributed by atoms with Crippen molar-refractivity contribution in [1.29, 1.82) is 0 Å². The molecule has 0 spiro atoms. The molecule has 1 heteroatoms. The van der Waals surface area contributed by atoms with Gasteiger partial charge in [-0.15, -0.1) is 0 Å². The molecule has 1 aromatic heterocycles. The number of furan rings is 1. The highest BCUT2D eigenvalue weighted by molar-refractivity contribution is 6.22. The molecule has 0 bridgehead atoms. The van der Waals surface area contributed by atoms with Gasteiger partial charge in [-0.25, -0.2) is 0 Å². The molecule has 0 saturated carbocycles. The monoisotopic (exact) mass is 612 g/mol. The lowest BCUT2D eigenvalue weighted by Crippen LogP contribution is -1.91. The third-order valence-corrected chi connectivity index (χ3v) is 9.70. The summed E-state index contributed by atoms with van der Waals surface area (Å²) in [5.74, 6) is 0. The van der Waals surface area contributed by atoms with E-state index in [1.807, 2.05) is 19.1 Å². The second-order valence-electron chi connectivity index (χ2n) is 12.5. The number of fused-ring (bicyclic) bond motifs is 6. The van der Waals surface area contributed by atoms with E-state index in [0.717, 1.165) is 44.2 Å². The standard InChI is InChI=1S/C47H32O/c1-3-12-32-28-45-43(27-30(32)4-2)38-24-23-35(29-44(38)48-45)34-15-11-16-36(26-34)46-39-17-7-9-19-41(39)47(42-20-10-8-18-40(42)46)37-22-21-31-13-5-6-14-33(31)25-37/h3-29H,2H2,1H3/b12-3-. The van der Waals surface area contributed by atoms with Gasteiger partial charge in [-0.05, 0) is 120 Å². The van der Waals surface area contributed by atoms with E-state index < -0.39 is 0 Å². The highest BCUT2D eigenvalue weighted by atomic mass is 16.3. The number of hydrogen-bond acceptors (Lipinski definition) is 1. The van der Waals surface area contributed by atoms with E-state index in [0.29, 0.717) is 0 Å². The minimum atomic E-state index is 0.885. The summed E-state index contributed by atoms with van der Waals surface area (Å²) < 4.78 is 6.45. The topological polar surface area (TPSA) is 13.1 Å². The zero-order valence-corrected chi connectivity index (χ0v) is 26.7. The molecule has 0 unspecified atom stereocenters. The van der Waals surface area contributed by atoms with Crippen LogP contribution in [0.5, 0.6) is 0 Å². The normalized spacial score (nSPS) is 11.9. The molecule has 0 aliphatic rings. The summed E-state index contributed by atoms with van der Waals surface area (Å²) in [5, 5.41) is 9.74. The molecule has 0 N–H and O–H groups in total. The Morgan fingerprint density at radius 1 is 0.438 bits per heavy atom. The van der Waals surface area contributed by atoms with Crippen LogP contribution >= 0.6 is 0 Å². The number of rotatable bonds is 5. The first-order chi connectivity index (χ1) is 23.7. The zero-order valence-electron chi connectivity index (χ0n) is 26.7. The molecule has 48 heavy (non-hydrogen) atoms. The Labute approximate surface area is 279 Å². The second-order valence-corrected chi connectivity index (χ2v) is 12.5. The highest BCUT2D eigenvalue weighted by Crippen LogP contribution is 2.45. The molecule has 0 saturated heterocycles. The molecule has 9 rings (SSSR count). The maximum atomic E-state index is 6.45. The van der Waals surface area contributed by atoms with Gasteiger partial charge >= 0.3 is 0 Å². The largest absolute Gasteiger partial charge is 0.456 e. The van der Waals surface area contributed by atoms with Crippen LogP contribution in [-0.4, -0.2) is 0 Å². The van der Waals surface area contributed by atoms with Crippen molar-refractivity contribution in [3.8, 4) is 33.4 Å². The Hall–Kier alpha value is -6.18. The van der Waals surface area contributed by atoms with E-state index in [1.54, 1.807) is 0 Å². The van der Waals surface area contributed by atoms with Gasteiger partial charge in [0.15, 0.2) is 0 Å². The molecule has 1 heterocycles. The quantitative estimate of drug-likeness (QED) is 0.176. The summed E-state index contributed by atoms with van der Waals surface area (Å²) in [6, 6.07) is 53.0. The Kier molecular flexibility index (Phi) is 6.59. The summed E-state index contributed by atoms with van der Waals surface area (Å²) in [6.07, 6.45) is 6.06. The predicted octanol–water partition coefficient (Wildman–Crippen LogP) is 13.7. The van der Waals surface area contributed by atoms with Crippen molar-refractivity contribution in [2.24, 2.45) is 0 Å². The van der Waals surface area contributed by atoms with Crippen molar-refractivity contribution < 1.29 is 4.42 Å². The molecule has 1 nitrogen and oxygen atoms in total. The van der Waals surface area contributed by atoms with Crippen LogP contribution in [-0.2, 0) is 0 Å². The van der Waals surface area contributed by atoms with E-state index in [-0.39, 0.29) is 0 Å². The second kappa shape index (κ2) is 11.3. The van der Waals surface area contributed by atoms with Crippen LogP contribution in [0.3, 0.4) is 0 Å². The lowest BCUT2D eigenvalue weighted by molar-refractivity contribution is 0.669. The van der Waals surface area contributed by atoms with Gasteiger partial charge in [0.05, 0.1) is 0 Å². The SMILES string of the molecule is C=Cc1cc2c(cc1/C=C\C)oc1cc(-c3cccc(-c4c5ccccc5c(-c5ccc6ccccc6c5)c5ccccc45)c3)ccc12. The third kappa shape index (κ3) is 4.47. The van der Waals surface area contributed by atoms with Gasteiger partial charge < -0.3 is 4.42 Å². The molecular formula is C47H32O. The van der Waals surface area contributed by atoms with Crippen LogP contribution in [0.4, 0.5) is 0 Å². The average molecular weight is 613 g/mol. The number of hydrogen-bond donors (Lipinski definition) is 0. The van der Waals surface area contributed by atoms with Crippen LogP contribution in [0.1, 0.15) is 18.1 Å². The molecule has 0 fully saturated rings. The Balaban J connectivity index is 1.22. The van der Waals surface area contributed by atoms with Crippen molar-refractivity contribution in [2.45, 2.75) is 6.92 Å². The van der Waals surface area contributed by atoms with E-state index in [4.69, 9.17) is 4.42 Å². The van der Waals surface area contributed by atoms with E-state index >= 15 is 0 Å². The Morgan fingerprint density at radius 2 is 1.02 bits per heavy atom. The van der Waals surface area contributed by atoms with Gasteiger partial charge in [-0.3, -0.25) is 0 Å². The van der Waals surface area contributed by atoms with Crippen LogP contribution < -0.4 is 0 Å². The maximum absolute atomic E-state index is 6.45. The van der Waals surface area contributed by atoms with Crippen molar-refractivity contribution in [3.63, 3.8) is 0 Å². The molecule has 0 radical (unpaired) electrons. The summed E-state index contributed by atoms with van der Waals surface area (Å²) in [4.78, 5) is 0. The van der Waals surface area contributed by atoms with E-state index in [9.17, 15) is 0 Å². The molecule has 9 aromatic rings. The van der Waals surface area contributed by atoms with Gasteiger partial charge in [-0.2, -0.15) is 0 Å². The minimum absolute atomic E-state index is 0.885. The molecule has 0 atom stereocenters. The van der Waals surface area contributed by atoms with Crippen molar-refractivity contribution in [3.05, 3.63) is 169 Å². The maximum Gasteiger partial charge on any atom is 0.136 e. The fourth-order valence-corrected chi connectivity index (χ4v) is 7.48. The van der Waals surface area contributed by atoms with Gasteiger partial charge in [0.1, 0.15) is 11.2 Å².